The van der Waals surface area contributed by atoms with E-state index in [4.69, 9.17) is 11.6 Å². The van der Waals surface area contributed by atoms with Crippen molar-refractivity contribution in [2.75, 3.05) is 0 Å². The number of carbonyl (C=O) groups is 1. The lowest BCUT2D eigenvalue weighted by Crippen LogP contribution is -2.20. The number of halogens is 1. The molecule has 2 nitrogen and oxygen atoms in total. The largest absolute Gasteiger partial charge is 0.360 e. The van der Waals surface area contributed by atoms with Crippen LogP contribution in [0.2, 0.25) is 5.02 Å². The number of nitrogens with one attached hydrogen (secondary N) is 1. The van der Waals surface area contributed by atoms with Crippen LogP contribution in [0.3, 0.4) is 0 Å². The number of aromatic nitrogens is 1. The van der Waals surface area contributed by atoms with E-state index < -0.39 is 0 Å². The first-order valence-corrected chi connectivity index (χ1v) is 6.90. The first-order valence-electron chi connectivity index (χ1n) is 6.53. The van der Waals surface area contributed by atoms with Crippen LogP contribution in [-0.2, 0) is 11.2 Å². The van der Waals surface area contributed by atoms with Crippen LogP contribution in [0.1, 0.15) is 31.2 Å². The second-order valence-corrected chi connectivity index (χ2v) is 5.50. The SMILES string of the molecule is O=C1CCCCC1Cc1c[nH]c2c(Cl)cccc12. The van der Waals surface area contributed by atoms with Gasteiger partial charge in [0.15, 0.2) is 0 Å². The molecule has 1 saturated carbocycles. The number of fused-ring (bicyclic) bond motifs is 1. The van der Waals surface area contributed by atoms with E-state index >= 15 is 0 Å². The number of carbonyl (C=O) groups excluding carboxylic acids is 1. The minimum Gasteiger partial charge on any atom is -0.360 e. The molecule has 1 fully saturated rings. The number of hydrogen-bond donors (Lipinski definition) is 1. The van der Waals surface area contributed by atoms with E-state index in [9.17, 15) is 4.79 Å². The van der Waals surface area contributed by atoms with Crippen molar-refractivity contribution in [3.63, 3.8) is 0 Å². The van der Waals surface area contributed by atoms with Crippen molar-refractivity contribution in [3.05, 3.63) is 35.0 Å². The van der Waals surface area contributed by atoms with Gasteiger partial charge in [-0.2, -0.15) is 0 Å². The predicted molar refractivity (Wildman–Crippen MR) is 74.0 cm³/mol. The van der Waals surface area contributed by atoms with Crippen molar-refractivity contribution in [2.45, 2.75) is 32.1 Å². The van der Waals surface area contributed by atoms with Crippen LogP contribution in [0, 0.1) is 5.92 Å². The number of Topliss-reactive ketones (excluding diaryl/α,β-unsaturated/α-hetero) is 1. The zero-order valence-corrected chi connectivity index (χ0v) is 11.0. The standard InChI is InChI=1S/C15H16ClNO/c16-13-6-3-5-12-11(9-17-15(12)13)8-10-4-1-2-7-14(10)18/h3,5-6,9-10,17H,1-2,4,7-8H2. The lowest BCUT2D eigenvalue weighted by Gasteiger charge is -2.19. The number of benzene rings is 1. The second kappa shape index (κ2) is 4.77. The second-order valence-electron chi connectivity index (χ2n) is 5.09. The van der Waals surface area contributed by atoms with E-state index in [-0.39, 0.29) is 5.92 Å². The van der Waals surface area contributed by atoms with Crippen molar-refractivity contribution in [1.82, 2.24) is 4.98 Å². The van der Waals surface area contributed by atoms with E-state index in [1.54, 1.807) is 0 Å². The number of ketones is 1. The highest BCUT2D eigenvalue weighted by molar-refractivity contribution is 6.35. The third-order valence-electron chi connectivity index (χ3n) is 3.90. The summed E-state index contributed by atoms with van der Waals surface area (Å²) in [4.78, 5) is 15.1. The quantitative estimate of drug-likeness (QED) is 0.867. The summed E-state index contributed by atoms with van der Waals surface area (Å²) >= 11 is 6.14. The van der Waals surface area contributed by atoms with Gasteiger partial charge in [0.1, 0.15) is 5.78 Å². The van der Waals surface area contributed by atoms with Crippen LogP contribution in [0.5, 0.6) is 0 Å². The van der Waals surface area contributed by atoms with Crippen LogP contribution in [0.25, 0.3) is 10.9 Å². The molecule has 1 atom stereocenters. The molecule has 0 spiro atoms. The molecule has 0 bridgehead atoms. The fourth-order valence-electron chi connectivity index (χ4n) is 2.88. The van der Waals surface area contributed by atoms with Crippen LogP contribution >= 0.6 is 11.6 Å². The van der Waals surface area contributed by atoms with Crippen molar-refractivity contribution in [1.29, 1.82) is 0 Å². The van der Waals surface area contributed by atoms with Crippen molar-refractivity contribution < 1.29 is 4.79 Å². The molecule has 0 aliphatic heterocycles. The first-order chi connectivity index (χ1) is 8.75. The third-order valence-corrected chi connectivity index (χ3v) is 4.21. The Morgan fingerprint density at radius 2 is 2.22 bits per heavy atom. The average Bonchev–Trinajstić information content (AvgIpc) is 2.77. The molecular weight excluding hydrogens is 246 g/mol. The fraction of sp³-hybridized carbons (Fsp3) is 0.400. The maximum atomic E-state index is 11.9. The highest BCUT2D eigenvalue weighted by Crippen LogP contribution is 2.30. The smallest absolute Gasteiger partial charge is 0.136 e. The third kappa shape index (κ3) is 2.05. The fourth-order valence-corrected chi connectivity index (χ4v) is 3.11. The van der Waals surface area contributed by atoms with Gasteiger partial charge in [-0.15, -0.1) is 0 Å². The minimum atomic E-state index is 0.205. The molecule has 2 aromatic rings. The Hall–Kier alpha value is -1.28. The van der Waals surface area contributed by atoms with Gasteiger partial charge in [-0.25, -0.2) is 0 Å². The summed E-state index contributed by atoms with van der Waals surface area (Å²) in [5.41, 5.74) is 2.20. The van der Waals surface area contributed by atoms with Crippen molar-refractivity contribution >= 4 is 28.3 Å². The molecule has 0 radical (unpaired) electrons. The van der Waals surface area contributed by atoms with E-state index in [1.165, 1.54) is 12.0 Å². The summed E-state index contributed by atoms with van der Waals surface area (Å²) in [7, 11) is 0. The number of para-hydroxylation sites is 1. The normalized spacial score (nSPS) is 20.5. The Balaban J connectivity index is 1.91. The molecule has 3 heteroatoms. The van der Waals surface area contributed by atoms with Crippen LogP contribution in [0.15, 0.2) is 24.4 Å². The maximum absolute atomic E-state index is 11.9. The minimum absolute atomic E-state index is 0.205. The molecule has 3 rings (SSSR count). The van der Waals surface area contributed by atoms with E-state index in [1.807, 2.05) is 18.3 Å². The molecule has 0 amide bonds. The molecule has 18 heavy (non-hydrogen) atoms. The molecule has 1 aliphatic carbocycles. The van der Waals surface area contributed by atoms with Gasteiger partial charge in [0.05, 0.1) is 10.5 Å². The number of hydrogen-bond acceptors (Lipinski definition) is 1. The summed E-state index contributed by atoms with van der Waals surface area (Å²) in [5, 5.41) is 1.90. The summed E-state index contributed by atoms with van der Waals surface area (Å²) < 4.78 is 0. The molecule has 1 aromatic carbocycles. The maximum Gasteiger partial charge on any atom is 0.136 e. The Kier molecular flexibility index (Phi) is 3.13. The summed E-state index contributed by atoms with van der Waals surface area (Å²) in [5.74, 6) is 0.634. The topological polar surface area (TPSA) is 32.9 Å². The van der Waals surface area contributed by atoms with Crippen LogP contribution in [0.4, 0.5) is 0 Å². The number of aromatic amines is 1. The van der Waals surface area contributed by atoms with Gasteiger partial charge in [0.2, 0.25) is 0 Å². The summed E-state index contributed by atoms with van der Waals surface area (Å²) in [6, 6.07) is 5.92. The monoisotopic (exact) mass is 261 g/mol. The van der Waals surface area contributed by atoms with Crippen LogP contribution < -0.4 is 0 Å². The van der Waals surface area contributed by atoms with Crippen molar-refractivity contribution in [2.24, 2.45) is 5.92 Å². The zero-order valence-electron chi connectivity index (χ0n) is 10.2. The van der Waals surface area contributed by atoms with Gasteiger partial charge in [0, 0.05) is 23.9 Å². The molecule has 0 saturated heterocycles. The highest BCUT2D eigenvalue weighted by Gasteiger charge is 2.23. The number of H-pyrrole nitrogens is 1. The van der Waals surface area contributed by atoms with Gasteiger partial charge >= 0.3 is 0 Å². The van der Waals surface area contributed by atoms with Gasteiger partial charge in [0.25, 0.3) is 0 Å². The van der Waals surface area contributed by atoms with E-state index in [2.05, 4.69) is 11.1 Å². The van der Waals surface area contributed by atoms with E-state index in [0.29, 0.717) is 5.78 Å². The average molecular weight is 262 g/mol. The van der Waals surface area contributed by atoms with Crippen LogP contribution in [-0.4, -0.2) is 10.8 Å². The highest BCUT2D eigenvalue weighted by atomic mass is 35.5. The molecule has 1 aromatic heterocycles. The Morgan fingerprint density at radius 3 is 3.06 bits per heavy atom. The lowest BCUT2D eigenvalue weighted by molar-refractivity contribution is -0.124. The molecule has 1 aliphatic rings. The Bertz CT molecular complexity index is 587. The summed E-state index contributed by atoms with van der Waals surface area (Å²) in [6.45, 7) is 0. The van der Waals surface area contributed by atoms with E-state index in [0.717, 1.165) is 41.6 Å². The Labute approximate surface area is 111 Å². The molecular formula is C15H16ClNO. The van der Waals surface area contributed by atoms with Crippen molar-refractivity contribution in [3.8, 4) is 0 Å². The number of rotatable bonds is 2. The van der Waals surface area contributed by atoms with Gasteiger partial charge in [-0.1, -0.05) is 30.2 Å². The summed E-state index contributed by atoms with van der Waals surface area (Å²) in [6.07, 6.45) is 6.88. The molecule has 94 valence electrons. The Morgan fingerprint density at radius 1 is 1.33 bits per heavy atom. The molecule has 1 N–H and O–H groups in total. The zero-order chi connectivity index (χ0) is 12.5. The first kappa shape index (κ1) is 11.8. The van der Waals surface area contributed by atoms with Gasteiger partial charge in [-0.05, 0) is 30.9 Å². The molecule has 1 heterocycles. The predicted octanol–water partition coefficient (Wildman–Crippen LogP) is 4.12. The molecule has 1 unspecified atom stereocenters. The van der Waals surface area contributed by atoms with Gasteiger partial charge < -0.3 is 4.98 Å². The van der Waals surface area contributed by atoms with Gasteiger partial charge in [-0.3, -0.25) is 4.79 Å². The lowest BCUT2D eigenvalue weighted by atomic mass is 9.84.